The van der Waals surface area contributed by atoms with E-state index < -0.39 is 8.32 Å². The number of alkyl halides is 1. The summed E-state index contributed by atoms with van der Waals surface area (Å²) in [5.74, 6) is 1.02. The van der Waals surface area contributed by atoms with Gasteiger partial charge in [0, 0.05) is 0 Å². The second kappa shape index (κ2) is 5.89. The summed E-state index contributed by atoms with van der Waals surface area (Å²) in [7, 11) is -1.44. The van der Waals surface area contributed by atoms with Crippen molar-refractivity contribution in [2.45, 2.75) is 32.5 Å². The molecule has 0 atom stereocenters. The van der Waals surface area contributed by atoms with Crippen LogP contribution in [0, 0.1) is 0 Å². The van der Waals surface area contributed by atoms with Gasteiger partial charge in [0.25, 0.3) is 0 Å². The molecule has 84 valence electrons. The Labute approximate surface area is 108 Å². The lowest BCUT2D eigenvalue weighted by atomic mass is 10.1. The molecule has 0 aliphatic carbocycles. The minimum Gasteiger partial charge on any atom is -0.544 e. The SMILES string of the molecule is C[Si](C)(C)Oc1ccc(CCCI)cc1. The third kappa shape index (κ3) is 5.56. The topological polar surface area (TPSA) is 9.23 Å². The third-order valence-electron chi connectivity index (χ3n) is 1.95. The molecule has 1 aromatic rings. The van der Waals surface area contributed by atoms with Crippen molar-refractivity contribution in [3.8, 4) is 5.75 Å². The van der Waals surface area contributed by atoms with Crippen molar-refractivity contribution >= 4 is 30.9 Å². The molecule has 15 heavy (non-hydrogen) atoms. The van der Waals surface area contributed by atoms with Gasteiger partial charge in [-0.1, -0.05) is 34.7 Å². The van der Waals surface area contributed by atoms with Gasteiger partial charge in [0.05, 0.1) is 0 Å². The van der Waals surface area contributed by atoms with Crippen molar-refractivity contribution < 1.29 is 4.43 Å². The van der Waals surface area contributed by atoms with Gasteiger partial charge in [0.15, 0.2) is 0 Å². The molecule has 0 saturated carbocycles. The summed E-state index contributed by atoms with van der Waals surface area (Å²) in [6.45, 7) is 6.62. The average Bonchev–Trinajstić information content (AvgIpc) is 2.14. The first-order chi connectivity index (χ1) is 7.01. The molecule has 0 bridgehead atoms. The minimum absolute atomic E-state index is 1.02. The van der Waals surface area contributed by atoms with Crippen LogP contribution in [0.1, 0.15) is 12.0 Å². The zero-order valence-electron chi connectivity index (χ0n) is 9.72. The standard InChI is InChI=1S/C12H19IOSi/c1-15(2,3)14-12-8-6-11(7-9-12)5-4-10-13/h6-9H,4-5,10H2,1-3H3. The highest BCUT2D eigenvalue weighted by Gasteiger charge is 2.15. The van der Waals surface area contributed by atoms with E-state index in [4.69, 9.17) is 4.43 Å². The van der Waals surface area contributed by atoms with E-state index in [0.717, 1.165) is 5.75 Å². The summed E-state index contributed by atoms with van der Waals surface area (Å²) in [6.07, 6.45) is 2.44. The van der Waals surface area contributed by atoms with Crippen LogP contribution in [0.15, 0.2) is 24.3 Å². The Morgan fingerprint density at radius 3 is 2.20 bits per heavy atom. The summed E-state index contributed by atoms with van der Waals surface area (Å²) in [6, 6.07) is 8.56. The van der Waals surface area contributed by atoms with E-state index >= 15 is 0 Å². The molecule has 1 aromatic carbocycles. The van der Waals surface area contributed by atoms with Crippen molar-refractivity contribution in [2.75, 3.05) is 4.43 Å². The zero-order chi connectivity index (χ0) is 11.3. The molecule has 0 fully saturated rings. The maximum absolute atomic E-state index is 5.90. The van der Waals surface area contributed by atoms with Gasteiger partial charge >= 0.3 is 0 Å². The van der Waals surface area contributed by atoms with Crippen molar-refractivity contribution in [3.63, 3.8) is 0 Å². The van der Waals surface area contributed by atoms with Crippen LogP contribution in [0.25, 0.3) is 0 Å². The molecule has 1 rings (SSSR count). The van der Waals surface area contributed by atoms with Crippen LogP contribution in [0.3, 0.4) is 0 Å². The molecule has 3 heteroatoms. The second-order valence-electron chi connectivity index (χ2n) is 4.65. The highest BCUT2D eigenvalue weighted by molar-refractivity contribution is 14.1. The normalized spacial score (nSPS) is 11.5. The first kappa shape index (κ1) is 13.0. The number of hydrogen-bond acceptors (Lipinski definition) is 1. The number of benzene rings is 1. The molecule has 0 N–H and O–H groups in total. The highest BCUT2D eigenvalue weighted by atomic mass is 127. The van der Waals surface area contributed by atoms with Gasteiger partial charge < -0.3 is 4.43 Å². The summed E-state index contributed by atoms with van der Waals surface area (Å²) >= 11 is 2.42. The van der Waals surface area contributed by atoms with Crippen LogP contribution >= 0.6 is 22.6 Å². The Morgan fingerprint density at radius 2 is 1.73 bits per heavy atom. The highest BCUT2D eigenvalue weighted by Crippen LogP contribution is 2.17. The summed E-state index contributed by atoms with van der Waals surface area (Å²) in [4.78, 5) is 0. The minimum atomic E-state index is -1.44. The lowest BCUT2D eigenvalue weighted by Gasteiger charge is -2.19. The van der Waals surface area contributed by atoms with Crippen LogP contribution in [0.2, 0.25) is 19.6 Å². The number of rotatable bonds is 5. The van der Waals surface area contributed by atoms with Gasteiger partial charge in [-0.2, -0.15) is 0 Å². The monoisotopic (exact) mass is 334 g/mol. The predicted molar refractivity (Wildman–Crippen MR) is 77.6 cm³/mol. The molecule has 0 aromatic heterocycles. The maximum Gasteiger partial charge on any atom is 0.242 e. The van der Waals surface area contributed by atoms with E-state index in [-0.39, 0.29) is 0 Å². The largest absolute Gasteiger partial charge is 0.544 e. The summed E-state index contributed by atoms with van der Waals surface area (Å²) in [5.41, 5.74) is 1.41. The molecule has 0 saturated heterocycles. The van der Waals surface area contributed by atoms with Crippen LogP contribution in [0.4, 0.5) is 0 Å². The van der Waals surface area contributed by atoms with Crippen molar-refractivity contribution in [1.82, 2.24) is 0 Å². The fourth-order valence-corrected chi connectivity index (χ4v) is 2.57. The van der Waals surface area contributed by atoms with Gasteiger partial charge in [0.1, 0.15) is 5.75 Å². The van der Waals surface area contributed by atoms with E-state index in [0.29, 0.717) is 0 Å². The Hall–Kier alpha value is -0.0331. The second-order valence-corrected chi connectivity index (χ2v) is 10.2. The predicted octanol–water partition coefficient (Wildman–Crippen LogP) is 4.27. The maximum atomic E-state index is 5.90. The summed E-state index contributed by atoms with van der Waals surface area (Å²) < 4.78 is 7.13. The van der Waals surface area contributed by atoms with Crippen LogP contribution < -0.4 is 4.43 Å². The van der Waals surface area contributed by atoms with Gasteiger partial charge in [-0.3, -0.25) is 0 Å². The van der Waals surface area contributed by atoms with Gasteiger partial charge in [-0.15, -0.1) is 0 Å². The van der Waals surface area contributed by atoms with Crippen molar-refractivity contribution in [2.24, 2.45) is 0 Å². The fourth-order valence-electron chi connectivity index (χ4n) is 1.35. The lowest BCUT2D eigenvalue weighted by Crippen LogP contribution is -2.29. The van der Waals surface area contributed by atoms with E-state index in [1.165, 1.54) is 22.8 Å². The molecule has 0 unspecified atom stereocenters. The van der Waals surface area contributed by atoms with Crippen LogP contribution in [0.5, 0.6) is 5.75 Å². The van der Waals surface area contributed by atoms with E-state index in [2.05, 4.69) is 66.5 Å². The molecular weight excluding hydrogens is 315 g/mol. The van der Waals surface area contributed by atoms with Crippen LogP contribution in [-0.2, 0) is 6.42 Å². The zero-order valence-corrected chi connectivity index (χ0v) is 12.9. The molecule has 0 aliphatic rings. The quantitative estimate of drug-likeness (QED) is 0.444. The summed E-state index contributed by atoms with van der Waals surface area (Å²) in [5, 5.41) is 0. The lowest BCUT2D eigenvalue weighted by molar-refractivity contribution is 0.557. The Morgan fingerprint density at radius 1 is 1.13 bits per heavy atom. The van der Waals surface area contributed by atoms with Crippen LogP contribution in [-0.4, -0.2) is 12.7 Å². The van der Waals surface area contributed by atoms with E-state index in [1.807, 2.05) is 0 Å². The Bertz CT molecular complexity index is 289. The number of halogens is 1. The third-order valence-corrected chi connectivity index (χ3v) is 3.56. The Balaban J connectivity index is 2.56. The Kier molecular flexibility index (Phi) is 5.12. The average molecular weight is 334 g/mol. The smallest absolute Gasteiger partial charge is 0.242 e. The molecule has 1 nitrogen and oxygen atoms in total. The number of hydrogen-bond donors (Lipinski definition) is 0. The molecule has 0 amide bonds. The first-order valence-electron chi connectivity index (χ1n) is 5.35. The molecule has 0 radical (unpaired) electrons. The van der Waals surface area contributed by atoms with E-state index in [1.54, 1.807) is 0 Å². The van der Waals surface area contributed by atoms with Gasteiger partial charge in [-0.25, -0.2) is 0 Å². The molecule has 0 aliphatic heterocycles. The molecular formula is C12H19IOSi. The number of aryl methyl sites for hydroxylation is 1. The molecule has 0 spiro atoms. The van der Waals surface area contributed by atoms with Crippen molar-refractivity contribution in [1.29, 1.82) is 0 Å². The van der Waals surface area contributed by atoms with Gasteiger partial charge in [0.2, 0.25) is 8.32 Å². The fraction of sp³-hybridized carbons (Fsp3) is 0.500. The van der Waals surface area contributed by atoms with Gasteiger partial charge in [-0.05, 0) is 54.6 Å². The van der Waals surface area contributed by atoms with Crippen molar-refractivity contribution in [3.05, 3.63) is 29.8 Å². The first-order valence-corrected chi connectivity index (χ1v) is 10.3. The van der Waals surface area contributed by atoms with E-state index in [9.17, 15) is 0 Å². The molecule has 0 heterocycles.